The number of ether oxygens (including phenoxy) is 2. The molecule has 0 bridgehead atoms. The van der Waals surface area contributed by atoms with Gasteiger partial charge in [-0.25, -0.2) is 0 Å². The minimum atomic E-state index is -0.0631. The van der Waals surface area contributed by atoms with Crippen molar-refractivity contribution in [3.63, 3.8) is 0 Å². The molecule has 0 aromatic heterocycles. The zero-order chi connectivity index (χ0) is 13.9. The normalized spacial score (nSPS) is 38.0. The molecule has 4 heteroatoms. The van der Waals surface area contributed by atoms with Crippen LogP contribution < -0.4 is 5.73 Å². The Morgan fingerprint density at radius 3 is 2.65 bits per heavy atom. The summed E-state index contributed by atoms with van der Waals surface area (Å²) >= 11 is 2.02. The fourth-order valence-corrected chi connectivity index (χ4v) is 5.23. The van der Waals surface area contributed by atoms with Gasteiger partial charge in [0.25, 0.3) is 0 Å². The van der Waals surface area contributed by atoms with Crippen LogP contribution in [-0.4, -0.2) is 42.0 Å². The van der Waals surface area contributed by atoms with E-state index in [-0.39, 0.29) is 11.1 Å². The van der Waals surface area contributed by atoms with Crippen molar-refractivity contribution in [3.05, 3.63) is 0 Å². The SMILES string of the molecule is NC1(COC2CCOC3(CCSC3)C2)CCCCCC1. The van der Waals surface area contributed by atoms with Gasteiger partial charge in [-0.1, -0.05) is 25.7 Å². The van der Waals surface area contributed by atoms with E-state index in [1.165, 1.54) is 37.9 Å². The molecule has 0 aromatic rings. The highest BCUT2D eigenvalue weighted by Crippen LogP contribution is 2.39. The summed E-state index contributed by atoms with van der Waals surface area (Å²) in [6.07, 6.45) is 11.2. The Balaban J connectivity index is 1.50. The first-order valence-electron chi connectivity index (χ1n) is 8.32. The van der Waals surface area contributed by atoms with Gasteiger partial charge in [0.1, 0.15) is 0 Å². The molecule has 2 atom stereocenters. The van der Waals surface area contributed by atoms with Gasteiger partial charge in [0.2, 0.25) is 0 Å². The summed E-state index contributed by atoms with van der Waals surface area (Å²) in [5, 5.41) is 0. The number of nitrogens with two attached hydrogens (primary N) is 1. The predicted octanol–water partition coefficient (Wildman–Crippen LogP) is 3.11. The van der Waals surface area contributed by atoms with E-state index >= 15 is 0 Å². The van der Waals surface area contributed by atoms with E-state index in [0.29, 0.717) is 6.10 Å². The van der Waals surface area contributed by atoms with Gasteiger partial charge in [-0.05, 0) is 31.4 Å². The lowest BCUT2D eigenvalue weighted by Gasteiger charge is -2.39. The molecule has 3 aliphatic rings. The summed E-state index contributed by atoms with van der Waals surface area (Å²) in [6, 6.07) is 0. The minimum absolute atomic E-state index is 0.0631. The fraction of sp³-hybridized carbons (Fsp3) is 1.00. The van der Waals surface area contributed by atoms with Crippen molar-refractivity contribution in [2.24, 2.45) is 5.73 Å². The summed E-state index contributed by atoms with van der Waals surface area (Å²) in [6.45, 7) is 1.61. The minimum Gasteiger partial charge on any atom is -0.376 e. The Labute approximate surface area is 127 Å². The molecule has 3 fully saturated rings. The van der Waals surface area contributed by atoms with Crippen LogP contribution in [0.5, 0.6) is 0 Å². The van der Waals surface area contributed by atoms with Crippen LogP contribution in [0.1, 0.15) is 57.8 Å². The van der Waals surface area contributed by atoms with E-state index in [4.69, 9.17) is 15.2 Å². The highest BCUT2D eigenvalue weighted by atomic mass is 32.2. The molecular weight excluding hydrogens is 270 g/mol. The van der Waals surface area contributed by atoms with Gasteiger partial charge >= 0.3 is 0 Å². The van der Waals surface area contributed by atoms with E-state index in [0.717, 1.165) is 44.6 Å². The zero-order valence-corrected chi connectivity index (χ0v) is 13.4. The Kier molecular flexibility index (Phi) is 4.96. The van der Waals surface area contributed by atoms with Crippen LogP contribution >= 0.6 is 11.8 Å². The van der Waals surface area contributed by atoms with Gasteiger partial charge in [-0.2, -0.15) is 11.8 Å². The molecule has 2 saturated heterocycles. The van der Waals surface area contributed by atoms with Crippen molar-refractivity contribution in [2.45, 2.75) is 75.0 Å². The maximum absolute atomic E-state index is 6.56. The summed E-state index contributed by atoms with van der Waals surface area (Å²) in [7, 11) is 0. The van der Waals surface area contributed by atoms with Gasteiger partial charge in [0, 0.05) is 24.3 Å². The van der Waals surface area contributed by atoms with Crippen molar-refractivity contribution in [3.8, 4) is 0 Å². The zero-order valence-electron chi connectivity index (χ0n) is 12.6. The van der Waals surface area contributed by atoms with E-state index in [1.54, 1.807) is 0 Å². The molecule has 1 spiro atoms. The van der Waals surface area contributed by atoms with E-state index in [1.807, 2.05) is 11.8 Å². The third kappa shape index (κ3) is 3.70. The molecule has 2 unspecified atom stereocenters. The number of hydrogen-bond acceptors (Lipinski definition) is 4. The van der Waals surface area contributed by atoms with Crippen molar-refractivity contribution in [1.82, 2.24) is 0 Å². The molecule has 0 amide bonds. The number of hydrogen-bond donors (Lipinski definition) is 1. The van der Waals surface area contributed by atoms with Crippen LogP contribution in [0.2, 0.25) is 0 Å². The second kappa shape index (κ2) is 6.55. The Morgan fingerprint density at radius 2 is 1.95 bits per heavy atom. The lowest BCUT2D eigenvalue weighted by molar-refractivity contribution is -0.126. The van der Waals surface area contributed by atoms with E-state index in [2.05, 4.69) is 0 Å². The lowest BCUT2D eigenvalue weighted by Crippen LogP contribution is -2.48. The molecule has 2 aliphatic heterocycles. The summed E-state index contributed by atoms with van der Waals surface area (Å²) in [4.78, 5) is 0. The first kappa shape index (κ1) is 15.1. The molecule has 0 aromatic carbocycles. The summed E-state index contributed by atoms with van der Waals surface area (Å²) in [5.41, 5.74) is 6.62. The highest BCUT2D eigenvalue weighted by Gasteiger charge is 2.41. The lowest BCUT2D eigenvalue weighted by atomic mass is 9.90. The molecule has 1 aliphatic carbocycles. The summed E-state index contributed by atoms with van der Waals surface area (Å²) in [5.74, 6) is 2.40. The Hall–Kier alpha value is 0.230. The van der Waals surface area contributed by atoms with Crippen LogP contribution in [-0.2, 0) is 9.47 Å². The predicted molar refractivity (Wildman–Crippen MR) is 84.2 cm³/mol. The molecule has 2 heterocycles. The van der Waals surface area contributed by atoms with Crippen molar-refractivity contribution in [2.75, 3.05) is 24.7 Å². The fourth-order valence-electron chi connectivity index (χ4n) is 3.85. The monoisotopic (exact) mass is 299 g/mol. The van der Waals surface area contributed by atoms with Crippen LogP contribution in [0, 0.1) is 0 Å². The second-order valence-corrected chi connectivity index (χ2v) is 8.14. The first-order chi connectivity index (χ1) is 9.70. The van der Waals surface area contributed by atoms with Gasteiger partial charge < -0.3 is 15.2 Å². The highest BCUT2D eigenvalue weighted by molar-refractivity contribution is 7.99. The molecule has 116 valence electrons. The van der Waals surface area contributed by atoms with Crippen molar-refractivity contribution >= 4 is 11.8 Å². The smallest absolute Gasteiger partial charge is 0.0805 e. The van der Waals surface area contributed by atoms with Crippen LogP contribution in [0.4, 0.5) is 0 Å². The molecule has 2 N–H and O–H groups in total. The maximum atomic E-state index is 6.56. The van der Waals surface area contributed by atoms with E-state index in [9.17, 15) is 0 Å². The topological polar surface area (TPSA) is 44.5 Å². The molecule has 3 nitrogen and oxygen atoms in total. The van der Waals surface area contributed by atoms with Gasteiger partial charge in [-0.15, -0.1) is 0 Å². The van der Waals surface area contributed by atoms with Crippen LogP contribution in [0.15, 0.2) is 0 Å². The third-order valence-corrected chi connectivity index (χ3v) is 6.44. The van der Waals surface area contributed by atoms with Crippen LogP contribution in [0.25, 0.3) is 0 Å². The van der Waals surface area contributed by atoms with E-state index < -0.39 is 0 Å². The standard InChI is InChI=1S/C16H29NO2S/c17-15(6-3-1-2-4-7-15)12-18-14-5-9-19-16(11-14)8-10-20-13-16/h14H,1-13,17H2. The Bertz CT molecular complexity index is 310. The largest absolute Gasteiger partial charge is 0.376 e. The van der Waals surface area contributed by atoms with Gasteiger partial charge in [-0.3, -0.25) is 0 Å². The average Bonchev–Trinajstić information content (AvgIpc) is 2.77. The third-order valence-electron chi connectivity index (χ3n) is 5.22. The average molecular weight is 299 g/mol. The summed E-state index contributed by atoms with van der Waals surface area (Å²) < 4.78 is 12.3. The quantitative estimate of drug-likeness (QED) is 0.813. The number of thioether (sulfide) groups is 1. The van der Waals surface area contributed by atoms with Gasteiger partial charge in [0.15, 0.2) is 0 Å². The number of rotatable bonds is 3. The van der Waals surface area contributed by atoms with Crippen molar-refractivity contribution in [1.29, 1.82) is 0 Å². The maximum Gasteiger partial charge on any atom is 0.0805 e. The van der Waals surface area contributed by atoms with Crippen molar-refractivity contribution < 1.29 is 9.47 Å². The molecule has 1 saturated carbocycles. The Morgan fingerprint density at radius 1 is 1.15 bits per heavy atom. The molecular formula is C16H29NO2S. The van der Waals surface area contributed by atoms with Crippen LogP contribution in [0.3, 0.4) is 0 Å². The first-order valence-corrected chi connectivity index (χ1v) is 9.48. The molecule has 20 heavy (non-hydrogen) atoms. The van der Waals surface area contributed by atoms with Gasteiger partial charge in [0.05, 0.1) is 18.3 Å². The molecule has 0 radical (unpaired) electrons. The second-order valence-electron chi connectivity index (χ2n) is 7.04. The molecule has 3 rings (SSSR count).